The Morgan fingerprint density at radius 3 is 2.31 bits per heavy atom. The first kappa shape index (κ1) is 13.4. The molecule has 9 heteroatoms. The molecule has 0 aliphatic heterocycles. The van der Waals surface area contributed by atoms with Crippen molar-refractivity contribution < 1.29 is 21.6 Å². The number of benzene rings is 1. The van der Waals surface area contributed by atoms with Gasteiger partial charge in [0.25, 0.3) is 10.0 Å². The first-order valence-corrected chi connectivity index (χ1v) is 6.05. The standard InChI is InChI=1S/C7H6BrF3N2O2S/c8-5-2-1-4(7(9,10)11)3-6(5)16(14,15)13-12/h1-3,13H,12H2. The monoisotopic (exact) mass is 318 g/mol. The highest BCUT2D eigenvalue weighted by Gasteiger charge is 2.32. The number of hydrazine groups is 1. The molecule has 0 aliphatic rings. The molecule has 0 radical (unpaired) electrons. The van der Waals surface area contributed by atoms with Gasteiger partial charge in [-0.05, 0) is 34.1 Å². The average Bonchev–Trinajstić information content (AvgIpc) is 2.16. The predicted octanol–water partition coefficient (Wildman–Crippen LogP) is 1.62. The molecule has 90 valence electrons. The molecule has 0 amide bonds. The van der Waals surface area contributed by atoms with Crippen LogP contribution >= 0.6 is 15.9 Å². The number of rotatable bonds is 2. The van der Waals surface area contributed by atoms with Gasteiger partial charge in [-0.1, -0.05) is 0 Å². The third-order valence-corrected chi connectivity index (χ3v) is 3.88. The number of nitrogens with two attached hydrogens (primary N) is 1. The van der Waals surface area contributed by atoms with Crippen LogP contribution in [-0.2, 0) is 16.2 Å². The minimum Gasteiger partial charge on any atom is -0.257 e. The van der Waals surface area contributed by atoms with Crippen LogP contribution in [0.3, 0.4) is 0 Å². The van der Waals surface area contributed by atoms with Crippen molar-refractivity contribution >= 4 is 26.0 Å². The van der Waals surface area contributed by atoms with Gasteiger partial charge in [-0.2, -0.15) is 18.0 Å². The lowest BCUT2D eigenvalue weighted by atomic mass is 10.2. The molecule has 0 bridgehead atoms. The molecule has 3 N–H and O–H groups in total. The van der Waals surface area contributed by atoms with Crippen molar-refractivity contribution in [1.29, 1.82) is 0 Å². The number of hydrogen-bond acceptors (Lipinski definition) is 3. The summed E-state index contributed by atoms with van der Waals surface area (Å²) in [5.74, 6) is 4.73. The molecule has 0 heterocycles. The van der Waals surface area contributed by atoms with E-state index >= 15 is 0 Å². The number of halogens is 4. The molecule has 1 rings (SSSR count). The van der Waals surface area contributed by atoms with Gasteiger partial charge in [0, 0.05) is 4.47 Å². The number of hydrogen-bond donors (Lipinski definition) is 2. The van der Waals surface area contributed by atoms with E-state index in [-0.39, 0.29) is 4.47 Å². The van der Waals surface area contributed by atoms with E-state index in [9.17, 15) is 21.6 Å². The fraction of sp³-hybridized carbons (Fsp3) is 0.143. The number of nitrogens with one attached hydrogen (secondary N) is 1. The van der Waals surface area contributed by atoms with Crippen LogP contribution in [-0.4, -0.2) is 8.42 Å². The summed E-state index contributed by atoms with van der Waals surface area (Å²) in [6.07, 6.45) is -4.61. The molecular formula is C7H6BrF3N2O2S. The molecule has 0 aliphatic carbocycles. The van der Waals surface area contributed by atoms with E-state index in [4.69, 9.17) is 5.84 Å². The highest BCUT2D eigenvalue weighted by Crippen LogP contribution is 2.33. The Hall–Kier alpha value is -0.640. The molecule has 0 spiro atoms. The van der Waals surface area contributed by atoms with Crippen LogP contribution < -0.4 is 10.7 Å². The second kappa shape index (κ2) is 4.32. The highest BCUT2D eigenvalue weighted by molar-refractivity contribution is 9.10. The third-order valence-electron chi connectivity index (χ3n) is 1.70. The van der Waals surface area contributed by atoms with Gasteiger partial charge in [-0.15, -0.1) is 0 Å². The molecule has 1 aromatic rings. The smallest absolute Gasteiger partial charge is 0.257 e. The van der Waals surface area contributed by atoms with E-state index in [1.54, 1.807) is 0 Å². The lowest BCUT2D eigenvalue weighted by molar-refractivity contribution is -0.137. The normalized spacial score (nSPS) is 12.8. The molecular weight excluding hydrogens is 313 g/mol. The Morgan fingerprint density at radius 2 is 1.88 bits per heavy atom. The molecule has 1 aromatic carbocycles. The van der Waals surface area contributed by atoms with Gasteiger partial charge in [-0.3, -0.25) is 5.84 Å². The summed E-state index contributed by atoms with van der Waals surface area (Å²) in [4.78, 5) is 0.887. The van der Waals surface area contributed by atoms with Gasteiger partial charge in [0.05, 0.1) is 10.5 Å². The first-order valence-electron chi connectivity index (χ1n) is 3.77. The zero-order valence-electron chi connectivity index (χ0n) is 7.55. The minimum absolute atomic E-state index is 0.00144. The maximum atomic E-state index is 12.3. The number of alkyl halides is 3. The Labute approximate surface area is 97.8 Å². The zero-order chi connectivity index (χ0) is 12.6. The maximum Gasteiger partial charge on any atom is 0.416 e. The Morgan fingerprint density at radius 1 is 1.31 bits per heavy atom. The van der Waals surface area contributed by atoms with Crippen molar-refractivity contribution in [3.8, 4) is 0 Å². The van der Waals surface area contributed by atoms with Crippen molar-refractivity contribution in [3.05, 3.63) is 28.2 Å². The molecule has 0 fully saturated rings. The van der Waals surface area contributed by atoms with Gasteiger partial charge < -0.3 is 0 Å². The van der Waals surface area contributed by atoms with Gasteiger partial charge in [0.15, 0.2) is 0 Å². The Bertz CT molecular complexity index is 501. The molecule has 0 saturated carbocycles. The van der Waals surface area contributed by atoms with Crippen molar-refractivity contribution in [2.45, 2.75) is 11.1 Å². The summed E-state index contributed by atoms with van der Waals surface area (Å²) in [6.45, 7) is 0. The summed E-state index contributed by atoms with van der Waals surface area (Å²) < 4.78 is 59.5. The topological polar surface area (TPSA) is 72.2 Å². The van der Waals surface area contributed by atoms with Crippen LogP contribution in [0, 0.1) is 0 Å². The fourth-order valence-electron chi connectivity index (χ4n) is 0.949. The van der Waals surface area contributed by atoms with E-state index in [2.05, 4.69) is 15.9 Å². The van der Waals surface area contributed by atoms with E-state index in [0.717, 1.165) is 12.1 Å². The summed E-state index contributed by atoms with van der Waals surface area (Å²) in [5.41, 5.74) is -1.07. The number of sulfonamides is 1. The average molecular weight is 319 g/mol. The fourth-order valence-corrected chi connectivity index (χ4v) is 2.57. The van der Waals surface area contributed by atoms with Crippen LogP contribution in [0.15, 0.2) is 27.6 Å². The largest absolute Gasteiger partial charge is 0.416 e. The maximum absolute atomic E-state index is 12.3. The summed E-state index contributed by atoms with van der Waals surface area (Å²) in [6, 6.07) is 2.26. The van der Waals surface area contributed by atoms with Crippen molar-refractivity contribution in [2.75, 3.05) is 0 Å². The Balaban J connectivity index is 3.42. The van der Waals surface area contributed by atoms with Crippen LogP contribution in [0.1, 0.15) is 5.56 Å². The molecule has 4 nitrogen and oxygen atoms in total. The van der Waals surface area contributed by atoms with Crippen molar-refractivity contribution in [2.24, 2.45) is 5.84 Å². The SMILES string of the molecule is NNS(=O)(=O)c1cc(C(F)(F)F)ccc1Br. The Kier molecular flexibility index (Phi) is 3.62. The molecule has 0 atom stereocenters. The summed E-state index contributed by atoms with van der Waals surface area (Å²) in [5, 5.41) is 0. The lowest BCUT2D eigenvalue weighted by Crippen LogP contribution is -2.30. The summed E-state index contributed by atoms with van der Waals surface area (Å²) in [7, 11) is -4.13. The second-order valence-corrected chi connectivity index (χ2v) is 5.30. The van der Waals surface area contributed by atoms with Crippen LogP contribution in [0.5, 0.6) is 0 Å². The van der Waals surface area contributed by atoms with E-state index in [0.29, 0.717) is 6.07 Å². The molecule has 0 aromatic heterocycles. The van der Waals surface area contributed by atoms with Crippen molar-refractivity contribution in [1.82, 2.24) is 4.83 Å². The van der Waals surface area contributed by atoms with Crippen LogP contribution in [0.4, 0.5) is 13.2 Å². The second-order valence-electron chi connectivity index (χ2n) is 2.76. The molecule has 16 heavy (non-hydrogen) atoms. The van der Waals surface area contributed by atoms with Crippen LogP contribution in [0.2, 0.25) is 0 Å². The van der Waals surface area contributed by atoms with Gasteiger partial charge in [0.2, 0.25) is 0 Å². The van der Waals surface area contributed by atoms with Gasteiger partial charge in [-0.25, -0.2) is 8.42 Å². The van der Waals surface area contributed by atoms with E-state index in [1.807, 2.05) is 0 Å². The highest BCUT2D eigenvalue weighted by atomic mass is 79.9. The summed E-state index contributed by atoms with van der Waals surface area (Å²) >= 11 is 2.83. The first-order chi connectivity index (χ1) is 7.18. The molecule has 0 saturated heterocycles. The van der Waals surface area contributed by atoms with E-state index in [1.165, 1.54) is 4.83 Å². The zero-order valence-corrected chi connectivity index (χ0v) is 9.95. The third kappa shape index (κ3) is 2.73. The predicted molar refractivity (Wildman–Crippen MR) is 53.7 cm³/mol. The van der Waals surface area contributed by atoms with Crippen molar-refractivity contribution in [3.63, 3.8) is 0 Å². The van der Waals surface area contributed by atoms with Crippen LogP contribution in [0.25, 0.3) is 0 Å². The molecule has 0 unspecified atom stereocenters. The van der Waals surface area contributed by atoms with Gasteiger partial charge in [0.1, 0.15) is 0 Å². The minimum atomic E-state index is -4.61. The van der Waals surface area contributed by atoms with E-state index < -0.39 is 26.7 Å². The quantitative estimate of drug-likeness (QED) is 0.643. The lowest BCUT2D eigenvalue weighted by Gasteiger charge is -2.10. The van der Waals surface area contributed by atoms with Gasteiger partial charge >= 0.3 is 6.18 Å².